The molecule has 1 aliphatic carbocycles. The number of ketones is 3. The minimum absolute atomic E-state index is 0.00772. The number of H-pyrrole nitrogens is 1. The number of allylic oxidation sites excluding steroid dienone is 6. The van der Waals surface area contributed by atoms with E-state index < -0.39 is 95.4 Å². The van der Waals surface area contributed by atoms with Crippen LogP contribution in [0.1, 0.15) is 169 Å². The van der Waals surface area contributed by atoms with Crippen LogP contribution in [-0.4, -0.2) is 286 Å². The van der Waals surface area contributed by atoms with Crippen LogP contribution in [0, 0.1) is 29.6 Å². The average Bonchev–Trinajstić information content (AvgIpc) is 1.55. The lowest BCUT2D eigenvalue weighted by molar-refractivity contribution is -0.265. The van der Waals surface area contributed by atoms with Gasteiger partial charge in [-0.1, -0.05) is 69.4 Å². The molecule has 0 radical (unpaired) electrons. The molecular formula is C90H134N14O22. The van der Waals surface area contributed by atoms with Crippen LogP contribution in [0.15, 0.2) is 84.4 Å². The van der Waals surface area contributed by atoms with Gasteiger partial charge in [0.2, 0.25) is 23.5 Å². The van der Waals surface area contributed by atoms with E-state index in [1.165, 1.54) is 19.3 Å². The summed E-state index contributed by atoms with van der Waals surface area (Å²) in [6.07, 6.45) is 15.3. The molecule has 5 aromatic rings. The van der Waals surface area contributed by atoms with Gasteiger partial charge in [0.05, 0.1) is 120 Å². The molecule has 9 rings (SSSR count). The zero-order chi connectivity index (χ0) is 90.7. The smallest absolute Gasteiger partial charge is 0.329 e. The van der Waals surface area contributed by atoms with Crippen molar-refractivity contribution in [2.45, 2.75) is 231 Å². The summed E-state index contributed by atoms with van der Waals surface area (Å²) in [5.41, 5.74) is 17.9. The summed E-state index contributed by atoms with van der Waals surface area (Å²) in [5, 5.41) is 68.4. The summed E-state index contributed by atoms with van der Waals surface area (Å²) in [4.78, 5) is 122. The Morgan fingerprint density at radius 3 is 2.07 bits per heavy atom. The van der Waals surface area contributed by atoms with Gasteiger partial charge < -0.3 is 105 Å². The molecule has 0 unspecified atom stereocenters. The molecule has 12 N–H and O–H groups in total. The first-order chi connectivity index (χ1) is 60.7. The molecule has 4 amide bonds. The van der Waals surface area contributed by atoms with Gasteiger partial charge in [-0.2, -0.15) is 5.10 Å². The predicted octanol–water partition coefficient (Wildman–Crippen LogP) is 6.30. The molecule has 696 valence electrons. The minimum Gasteiger partial charge on any atom is -0.508 e. The third-order valence-corrected chi connectivity index (χ3v) is 23.8. The number of aryl methyl sites for hydroxylation is 2. The van der Waals surface area contributed by atoms with E-state index in [-0.39, 0.29) is 118 Å². The Morgan fingerprint density at radius 2 is 1.39 bits per heavy atom. The maximum Gasteiger partial charge on any atom is 0.329 e. The number of piperidine rings is 1. The zero-order valence-corrected chi connectivity index (χ0v) is 74.3. The van der Waals surface area contributed by atoms with Gasteiger partial charge in [0.1, 0.15) is 53.7 Å². The first kappa shape index (κ1) is 101. The number of aromatic nitrogens is 8. The van der Waals surface area contributed by atoms with E-state index in [4.69, 9.17) is 63.9 Å². The Hall–Kier alpha value is -9.15. The van der Waals surface area contributed by atoms with E-state index in [2.05, 4.69) is 41.2 Å². The van der Waals surface area contributed by atoms with E-state index in [1.54, 1.807) is 62.6 Å². The number of fused-ring (bicyclic) bond motifs is 5. The fourth-order valence-corrected chi connectivity index (χ4v) is 16.4. The van der Waals surface area contributed by atoms with Crippen LogP contribution >= 0.6 is 0 Å². The van der Waals surface area contributed by atoms with Crippen LogP contribution in [0.5, 0.6) is 5.75 Å². The number of hydrogen-bond donors (Lipinski definition) is 10. The van der Waals surface area contributed by atoms with Crippen molar-refractivity contribution in [2.24, 2.45) is 35.3 Å². The number of phenols is 1. The van der Waals surface area contributed by atoms with Crippen LogP contribution in [0.2, 0.25) is 0 Å². The topological polar surface area (TPSA) is 491 Å². The summed E-state index contributed by atoms with van der Waals surface area (Å²) < 4.78 is 61.4. The molecule has 3 fully saturated rings. The number of aliphatic hydroxyl groups is 3. The van der Waals surface area contributed by atoms with Crippen LogP contribution in [0.3, 0.4) is 0 Å². The van der Waals surface area contributed by atoms with Crippen LogP contribution in [0.25, 0.3) is 33.3 Å². The highest BCUT2D eigenvalue weighted by Gasteiger charge is 2.53. The van der Waals surface area contributed by atoms with Crippen LogP contribution in [0.4, 0.5) is 5.82 Å². The number of methoxy groups -OCH3 is 2. The van der Waals surface area contributed by atoms with Crippen molar-refractivity contribution < 1.29 is 106 Å². The molecule has 1 aromatic carbocycles. The second-order valence-corrected chi connectivity index (χ2v) is 33.5. The van der Waals surface area contributed by atoms with E-state index in [9.17, 15) is 58.8 Å². The number of nitrogens with one attached hydrogen (secondary N) is 4. The van der Waals surface area contributed by atoms with Crippen molar-refractivity contribution in [3.05, 3.63) is 90.1 Å². The Balaban J connectivity index is 0.604. The lowest BCUT2D eigenvalue weighted by Crippen LogP contribution is -2.61. The molecule has 0 spiro atoms. The monoisotopic (exact) mass is 1760 g/mol. The van der Waals surface area contributed by atoms with Crippen molar-refractivity contribution in [3.63, 3.8) is 0 Å². The fourth-order valence-electron chi connectivity index (χ4n) is 16.4. The maximum atomic E-state index is 14.7. The number of Topliss-reactive ketones (excluding diaryl/α,β-unsaturated/α-hetero) is 3. The number of hydrogen-bond acceptors (Lipinski definition) is 29. The van der Waals surface area contributed by atoms with Gasteiger partial charge in [0, 0.05) is 120 Å². The predicted molar refractivity (Wildman–Crippen MR) is 466 cm³/mol. The Morgan fingerprint density at radius 1 is 0.722 bits per heavy atom. The lowest BCUT2D eigenvalue weighted by atomic mass is 9.79. The molecule has 126 heavy (non-hydrogen) atoms. The number of aliphatic hydroxyl groups excluding tert-OH is 2. The SMILES string of the molecule is CO[C@H]1C[C@@H]2CC[C@@H](C)[C@@](O)(O2)C(=O)C(=O)N2CCCC[C@H]2C(=O)O[C@H]([C@H](N)C[C@@H]2CC[C@H](n3cc(CCCC(=O)NCCOCCOCCOCCC(=O)NCCOCCOCCOCCC(=O)NCCCCn4nc(-c5cc6cc(O)ccc6[nH]5)c5c(N)ncnc54)nn3)[C@H](OC)C2)CC(=O)[C@H](C)/C=C(\C)[C@@H](O)[C@@H](O)C(=O)[C@H](C)C[C@H](C)/C=C/C=CC=C1C. The fraction of sp³-hybridized carbons (Fsp3) is 0.656. The number of nitrogen functional groups attached to an aromatic ring is 1. The standard InChI is InChI=1S/C90H134N14O22/c1-57-17-10-9-11-18-58(2)74(117-7)53-67-25-22-62(6)90(116,126-67)85(113)88(114)102-33-14-12-20-72(102)89(115)125-75(54-73(106)59(3)48-61(5)83(111)84(112)82(110)60(4)47-57)68(91)49-63-23-27-71(76(50-63)118-8)104-55-65(99-101-104)19-16-21-77(107)94-31-37-121-41-45-124-44-40-120-36-29-79(109)95-32-38-122-42-46-123-43-39-119-35-28-78(108)93-30-13-15-34-103-87-80(86(92)96-56-97-87)81(100-103)70-52-64-51-66(105)24-26-69(64)98-70/h9-11,17-18,24,26,48,51-52,55-57,59-60,62-63,67-68,71-72,74-76,83-84,98,105,111-112,116H,12-16,19-23,25,27-47,49-50,53-54,91H2,1-8H3,(H,93,108)(H,94,107)(H,95,109)(H2,92,96,97)/b11-9?,17-10+,58-18?,61-48+/t57-,59-,60-,62-,63+,67+,68-,71+,72+,74+,75+,76-,83-,84+,90-/m1/s1. The van der Waals surface area contributed by atoms with Crippen molar-refractivity contribution >= 4 is 74.7 Å². The van der Waals surface area contributed by atoms with Crippen molar-refractivity contribution in [1.82, 2.24) is 60.6 Å². The number of benzene rings is 1. The Bertz CT molecular complexity index is 4450. The molecule has 3 aliphatic heterocycles. The second-order valence-electron chi connectivity index (χ2n) is 33.5. The second kappa shape index (κ2) is 51.7. The molecule has 36 heteroatoms. The van der Waals surface area contributed by atoms with Crippen molar-refractivity contribution in [2.75, 3.05) is 125 Å². The third-order valence-electron chi connectivity index (χ3n) is 23.8. The number of cyclic esters (lactones) is 1. The number of aromatic amines is 1. The number of phenolic OH excluding ortho intramolecular Hbond substituents is 1. The normalized spacial score (nSPS) is 25.9. The molecule has 4 aliphatic rings. The van der Waals surface area contributed by atoms with Gasteiger partial charge in [0.15, 0.2) is 11.4 Å². The molecule has 2 saturated heterocycles. The summed E-state index contributed by atoms with van der Waals surface area (Å²) in [6, 6.07) is 4.58. The van der Waals surface area contributed by atoms with Gasteiger partial charge >= 0.3 is 5.97 Å². The lowest BCUT2D eigenvalue weighted by Gasteiger charge is -2.42. The highest BCUT2D eigenvalue weighted by molar-refractivity contribution is 6.39. The van der Waals surface area contributed by atoms with Gasteiger partial charge in [-0.05, 0) is 151 Å². The molecule has 1 saturated carbocycles. The van der Waals surface area contributed by atoms with E-state index in [0.717, 1.165) is 33.5 Å². The number of rotatable bonds is 40. The van der Waals surface area contributed by atoms with E-state index in [1.807, 2.05) is 56.5 Å². The molecule has 7 heterocycles. The average molecular weight is 1760 g/mol. The molecule has 2 bridgehead atoms. The largest absolute Gasteiger partial charge is 0.508 e. The first-order valence-corrected chi connectivity index (χ1v) is 44.5. The Labute approximate surface area is 736 Å². The number of nitrogens with two attached hydrogens (primary N) is 2. The number of esters is 1. The van der Waals surface area contributed by atoms with Crippen molar-refractivity contribution in [3.8, 4) is 17.1 Å². The summed E-state index contributed by atoms with van der Waals surface area (Å²) in [7, 11) is 3.16. The number of unbranched alkanes of at least 4 members (excludes halogenated alkanes) is 1. The number of anilines is 1. The highest BCUT2D eigenvalue weighted by Crippen LogP contribution is 2.40. The van der Waals surface area contributed by atoms with Gasteiger partial charge in [-0.15, -0.1) is 5.10 Å². The van der Waals surface area contributed by atoms with Crippen molar-refractivity contribution in [1.29, 1.82) is 0 Å². The number of aromatic hydroxyl groups is 1. The number of nitrogens with zero attached hydrogens (tertiary/aromatic N) is 8. The summed E-state index contributed by atoms with van der Waals surface area (Å²) in [5.74, 6) is -9.06. The number of carbonyl (C=O) groups is 8. The minimum atomic E-state index is -2.51. The number of amides is 4. The maximum absolute atomic E-state index is 14.7. The molecule has 4 aromatic heterocycles. The van der Waals surface area contributed by atoms with Gasteiger partial charge in [0.25, 0.3) is 11.7 Å². The van der Waals surface area contributed by atoms with Gasteiger partial charge in [-0.3, -0.25) is 33.6 Å². The zero-order valence-electron chi connectivity index (χ0n) is 74.3. The van der Waals surface area contributed by atoms with Crippen LogP contribution < -0.4 is 27.4 Å². The van der Waals surface area contributed by atoms with E-state index in [0.29, 0.717) is 191 Å². The number of carbonyl (C=O) groups excluding carboxylic acids is 8. The first-order valence-electron chi connectivity index (χ1n) is 44.5. The molecule has 15 atom stereocenters. The number of ether oxygens (including phenoxy) is 10. The summed E-state index contributed by atoms with van der Waals surface area (Å²) >= 11 is 0. The molecular weight excluding hydrogens is 1630 g/mol. The van der Waals surface area contributed by atoms with E-state index >= 15 is 0 Å². The highest BCUT2D eigenvalue weighted by atomic mass is 16.6. The summed E-state index contributed by atoms with van der Waals surface area (Å²) in [6.45, 7) is 15.7. The Kier molecular flexibility index (Phi) is 41.3. The molecule has 36 nitrogen and oxygen atoms in total. The van der Waals surface area contributed by atoms with Gasteiger partial charge in [-0.25, -0.2) is 24.1 Å². The van der Waals surface area contributed by atoms with Crippen LogP contribution in [-0.2, 0) is 98.7 Å². The quantitative estimate of drug-likeness (QED) is 0.00890. The third kappa shape index (κ3) is 30.5.